The summed E-state index contributed by atoms with van der Waals surface area (Å²) in [7, 11) is 4.94. The molecule has 0 radical (unpaired) electrons. The maximum Gasteiger partial charge on any atom is 0.279 e. The van der Waals surface area contributed by atoms with Crippen molar-refractivity contribution in [2.75, 3.05) is 65.9 Å². The zero-order valence-electron chi connectivity index (χ0n) is 22.9. The molecule has 1 N–H and O–H groups in total. The number of nitrogens with zero attached hydrogens (tertiary/aromatic N) is 2. The molecule has 0 saturated carbocycles. The number of anilines is 1. The van der Waals surface area contributed by atoms with Crippen molar-refractivity contribution in [3.05, 3.63) is 40.3 Å². The van der Waals surface area contributed by atoms with Gasteiger partial charge in [-0.05, 0) is 56.6 Å². The zero-order chi connectivity index (χ0) is 27.1. The van der Waals surface area contributed by atoms with E-state index in [9.17, 15) is 14.4 Å². The average molecular weight is 523 g/mol. The van der Waals surface area contributed by atoms with Gasteiger partial charge >= 0.3 is 0 Å². The first-order chi connectivity index (χ1) is 17.0. The molecule has 0 aliphatic carbocycles. The Morgan fingerprint density at radius 3 is 2.28 bits per heavy atom. The second kappa shape index (κ2) is 16.3. The first-order valence-corrected chi connectivity index (χ1v) is 13.2. The lowest BCUT2D eigenvalue weighted by atomic mass is 10.2. The van der Waals surface area contributed by atoms with Crippen molar-refractivity contribution in [3.8, 4) is 0 Å². The Morgan fingerprint density at radius 2 is 1.78 bits per heavy atom. The number of likely N-dealkylation sites (N-methyl/N-ethyl adjacent to an activating group) is 1. The summed E-state index contributed by atoms with van der Waals surface area (Å²) in [5, 5.41) is 4.87. The molecule has 1 aromatic heterocycles. The third-order valence-corrected chi connectivity index (χ3v) is 7.04. The van der Waals surface area contributed by atoms with Crippen LogP contribution in [0.2, 0.25) is 0 Å². The Morgan fingerprint density at radius 1 is 1.14 bits per heavy atom. The summed E-state index contributed by atoms with van der Waals surface area (Å²) in [6, 6.07) is 0. The van der Waals surface area contributed by atoms with Crippen molar-refractivity contribution < 1.29 is 28.3 Å². The number of allylic oxidation sites excluding steroid dienone is 2. The molecule has 0 aromatic carbocycles. The molecule has 9 heteroatoms. The van der Waals surface area contributed by atoms with Crippen LogP contribution in [-0.2, 0) is 19.1 Å². The van der Waals surface area contributed by atoms with Gasteiger partial charge in [-0.25, -0.2) is 0 Å². The van der Waals surface area contributed by atoms with Gasteiger partial charge in [0.1, 0.15) is 11.4 Å². The molecule has 1 aliphatic heterocycles. The van der Waals surface area contributed by atoms with Gasteiger partial charge < -0.3 is 24.2 Å². The summed E-state index contributed by atoms with van der Waals surface area (Å²) in [5.41, 5.74) is 2.47. The number of hydrogen-bond donors (Lipinski definition) is 1. The van der Waals surface area contributed by atoms with E-state index in [2.05, 4.69) is 16.6 Å². The molecule has 1 fully saturated rings. The Bertz CT molecular complexity index is 901. The van der Waals surface area contributed by atoms with Gasteiger partial charge in [-0.3, -0.25) is 14.4 Å². The maximum absolute atomic E-state index is 13.0. The first-order valence-electron chi connectivity index (χ1n) is 12.4. The van der Waals surface area contributed by atoms with Crippen LogP contribution in [0.5, 0.6) is 0 Å². The highest BCUT2D eigenvalue weighted by molar-refractivity contribution is 7.13. The van der Waals surface area contributed by atoms with Crippen LogP contribution in [0.15, 0.2) is 29.9 Å². The fraction of sp³-hybridized carbons (Fsp3) is 0.593. The fourth-order valence-electron chi connectivity index (χ4n) is 4.13. The Labute approximate surface area is 220 Å². The predicted octanol–water partition coefficient (Wildman–Crippen LogP) is 4.42. The normalized spacial score (nSPS) is 14.8. The Balaban J connectivity index is 0.000000809. The number of amides is 2. The minimum absolute atomic E-state index is 0.113. The summed E-state index contributed by atoms with van der Waals surface area (Å²) < 4.78 is 10.2. The van der Waals surface area contributed by atoms with Gasteiger partial charge in [0.05, 0.1) is 38.8 Å². The highest BCUT2D eigenvalue weighted by atomic mass is 32.1. The number of likely N-dealkylation sites (tertiary alicyclic amines) is 1. The summed E-state index contributed by atoms with van der Waals surface area (Å²) in [6.07, 6.45) is 7.77. The second-order valence-electron chi connectivity index (χ2n) is 9.50. The number of aryl methyl sites for hydroxylation is 1. The van der Waals surface area contributed by atoms with Gasteiger partial charge in [-0.2, -0.15) is 0 Å². The van der Waals surface area contributed by atoms with Gasteiger partial charge in [0.25, 0.3) is 11.8 Å². The average Bonchev–Trinajstić information content (AvgIpc) is 3.01. The number of hydrogen-bond acceptors (Lipinski definition) is 6. The topological polar surface area (TPSA) is 84.9 Å². The van der Waals surface area contributed by atoms with Crippen LogP contribution in [0.25, 0.3) is 0 Å². The molecule has 1 aromatic rings. The second-order valence-corrected chi connectivity index (χ2v) is 10.4. The van der Waals surface area contributed by atoms with E-state index in [1.54, 1.807) is 45.4 Å². The molecule has 2 amide bonds. The van der Waals surface area contributed by atoms with Crippen molar-refractivity contribution in [1.29, 1.82) is 0 Å². The van der Waals surface area contributed by atoms with Crippen molar-refractivity contribution in [1.82, 2.24) is 4.90 Å². The van der Waals surface area contributed by atoms with E-state index in [1.165, 1.54) is 11.3 Å². The van der Waals surface area contributed by atoms with Crippen LogP contribution >= 0.6 is 11.3 Å². The van der Waals surface area contributed by atoms with Crippen molar-refractivity contribution >= 4 is 34.6 Å². The van der Waals surface area contributed by atoms with E-state index in [4.69, 9.17) is 4.74 Å². The molecule has 0 atom stereocenters. The lowest BCUT2D eigenvalue weighted by Gasteiger charge is -2.36. The lowest BCUT2D eigenvalue weighted by Crippen LogP contribution is -2.55. The van der Waals surface area contributed by atoms with E-state index in [0.29, 0.717) is 34.7 Å². The van der Waals surface area contributed by atoms with E-state index in [-0.39, 0.29) is 24.1 Å². The van der Waals surface area contributed by atoms with Gasteiger partial charge in [-0.15, -0.1) is 11.3 Å². The van der Waals surface area contributed by atoms with E-state index in [0.717, 1.165) is 49.9 Å². The summed E-state index contributed by atoms with van der Waals surface area (Å²) in [6.45, 7) is 12.3. The van der Waals surface area contributed by atoms with Crippen LogP contribution in [0.4, 0.5) is 5.69 Å². The number of nitrogens with one attached hydrogen (secondary N) is 1. The predicted molar refractivity (Wildman–Crippen MR) is 146 cm³/mol. The number of carbonyl (C=O) groups excluding carboxylic acids is 3. The number of rotatable bonds is 11. The Hall–Kier alpha value is -2.49. The quantitative estimate of drug-likeness (QED) is 0.264. The highest BCUT2D eigenvalue weighted by Gasteiger charge is 2.33. The van der Waals surface area contributed by atoms with Gasteiger partial charge in [-0.1, -0.05) is 12.2 Å². The molecule has 2 rings (SSSR count). The van der Waals surface area contributed by atoms with Crippen LogP contribution in [-0.4, -0.2) is 87.6 Å². The van der Waals surface area contributed by atoms with Crippen LogP contribution in [0, 0.1) is 6.92 Å². The monoisotopic (exact) mass is 522 g/mol. The van der Waals surface area contributed by atoms with Crippen molar-refractivity contribution in [3.63, 3.8) is 0 Å². The molecule has 8 nitrogen and oxygen atoms in total. The molecule has 36 heavy (non-hydrogen) atoms. The number of quaternary nitrogens is 1. The number of methoxy groups -OCH3 is 2. The molecule has 0 bridgehead atoms. The van der Waals surface area contributed by atoms with Crippen molar-refractivity contribution in [2.24, 2.45) is 0 Å². The largest absolute Gasteiger partial charge is 0.504 e. The number of thiophene rings is 1. The molecule has 202 valence electrons. The zero-order valence-corrected chi connectivity index (χ0v) is 23.7. The lowest BCUT2D eigenvalue weighted by molar-refractivity contribution is -0.912. The summed E-state index contributed by atoms with van der Waals surface area (Å²) in [4.78, 5) is 39.8. The molecular formula is C27H44N3O5S+. The van der Waals surface area contributed by atoms with E-state index in [1.807, 2.05) is 19.2 Å². The molecule has 2 heterocycles. The molecule has 0 spiro atoms. The van der Waals surface area contributed by atoms with Crippen LogP contribution in [0.3, 0.4) is 0 Å². The van der Waals surface area contributed by atoms with Gasteiger partial charge in [0, 0.05) is 27.6 Å². The molecular weight excluding hydrogens is 478 g/mol. The highest BCUT2D eigenvalue weighted by Crippen LogP contribution is 2.29. The minimum atomic E-state index is -0.136. The summed E-state index contributed by atoms with van der Waals surface area (Å²) in [5.74, 6) is -0.150. The minimum Gasteiger partial charge on any atom is -0.504 e. The Kier molecular flexibility index (Phi) is 14.3. The molecule has 1 saturated heterocycles. The third-order valence-electron chi connectivity index (χ3n) is 5.95. The molecule has 1 aliphatic rings. The van der Waals surface area contributed by atoms with Gasteiger partial charge in [0.15, 0.2) is 12.3 Å². The number of ether oxygens (including phenoxy) is 2. The van der Waals surface area contributed by atoms with Crippen molar-refractivity contribution in [2.45, 2.75) is 46.5 Å². The fourth-order valence-corrected chi connectivity index (χ4v) is 5.13. The third kappa shape index (κ3) is 11.1. The van der Waals surface area contributed by atoms with E-state index >= 15 is 0 Å². The SMILES string of the molecule is C=C(C)/C=C\OC.COCCN(C)C(=O)c1scc(C)c1NC(=O)C[N+]1(CC(C)=O)CCCCCC1. The molecule has 0 unspecified atom stereocenters. The number of Topliss-reactive ketones (excluding diaryl/α,β-unsaturated/α-hetero) is 1. The number of carbonyl (C=O) groups is 3. The van der Waals surface area contributed by atoms with Crippen LogP contribution < -0.4 is 5.32 Å². The maximum atomic E-state index is 13.0. The first kappa shape index (κ1) is 31.5. The summed E-state index contributed by atoms with van der Waals surface area (Å²) >= 11 is 1.34. The number of ketones is 1. The van der Waals surface area contributed by atoms with E-state index < -0.39 is 0 Å². The smallest absolute Gasteiger partial charge is 0.279 e. The standard InChI is InChI=1S/C21H33N3O4S.C6H10O/c1-16-15-29-20(21(27)23(3)9-12-28-4)19(16)22-18(26)14-24(13-17(2)25)10-7-5-6-8-11-24;1-6(2)4-5-7-3/h15H,5-14H2,1-4H3;4-5H,1H2,2-3H3/p+1/b;5-4-. The van der Waals surface area contributed by atoms with Crippen LogP contribution in [0.1, 0.15) is 54.8 Å². The van der Waals surface area contributed by atoms with Gasteiger partial charge in [0.2, 0.25) is 0 Å².